The monoisotopic (exact) mass is 289 g/mol. The minimum Gasteiger partial charge on any atom is -0.308 e. The summed E-state index contributed by atoms with van der Waals surface area (Å²) in [6, 6.07) is 5.35. The third-order valence-electron chi connectivity index (χ3n) is 5.41. The van der Waals surface area contributed by atoms with Gasteiger partial charge in [-0.3, -0.25) is 9.88 Å². The second-order valence-electron chi connectivity index (χ2n) is 6.81. The molecular formula is C18H31N3. The Labute approximate surface area is 130 Å². The van der Waals surface area contributed by atoms with Crippen LogP contribution >= 0.6 is 0 Å². The van der Waals surface area contributed by atoms with E-state index in [9.17, 15) is 0 Å². The highest BCUT2D eigenvalue weighted by Gasteiger charge is 2.39. The quantitative estimate of drug-likeness (QED) is 0.897. The molecule has 0 aliphatic carbocycles. The Hall–Kier alpha value is -0.930. The van der Waals surface area contributed by atoms with Gasteiger partial charge in [-0.2, -0.15) is 0 Å². The summed E-state index contributed by atoms with van der Waals surface area (Å²) in [5.41, 5.74) is 1.64. The molecule has 1 aromatic rings. The number of piperazine rings is 1. The Morgan fingerprint density at radius 1 is 1.24 bits per heavy atom. The number of aromatic nitrogens is 1. The first kappa shape index (κ1) is 16.4. The van der Waals surface area contributed by atoms with Crippen LogP contribution in [0.4, 0.5) is 0 Å². The van der Waals surface area contributed by atoms with Crippen molar-refractivity contribution in [1.82, 2.24) is 15.2 Å². The van der Waals surface area contributed by atoms with Crippen LogP contribution in [0.15, 0.2) is 24.5 Å². The van der Waals surface area contributed by atoms with Crippen LogP contribution in [0.25, 0.3) is 0 Å². The normalized spacial score (nSPS) is 24.2. The molecule has 0 spiro atoms. The summed E-state index contributed by atoms with van der Waals surface area (Å²) in [5.74, 6) is 0.661. The molecule has 0 bridgehead atoms. The van der Waals surface area contributed by atoms with Crippen LogP contribution in [0.3, 0.4) is 0 Å². The highest BCUT2D eigenvalue weighted by atomic mass is 15.3. The van der Waals surface area contributed by atoms with Crippen LogP contribution in [0, 0.1) is 5.92 Å². The average molecular weight is 289 g/mol. The maximum Gasteiger partial charge on any atom is 0.0325 e. The van der Waals surface area contributed by atoms with Gasteiger partial charge in [0.15, 0.2) is 0 Å². The van der Waals surface area contributed by atoms with Crippen molar-refractivity contribution in [2.75, 3.05) is 13.1 Å². The number of rotatable bonds is 5. The van der Waals surface area contributed by atoms with Crippen molar-refractivity contribution in [3.63, 3.8) is 0 Å². The number of pyridine rings is 1. The Morgan fingerprint density at radius 3 is 2.38 bits per heavy atom. The maximum absolute atomic E-state index is 4.16. The van der Waals surface area contributed by atoms with Crippen LogP contribution in [-0.4, -0.2) is 34.6 Å². The fraction of sp³-hybridized carbons (Fsp3) is 0.722. The molecule has 1 saturated heterocycles. The van der Waals surface area contributed by atoms with E-state index in [2.05, 4.69) is 62.0 Å². The fourth-order valence-electron chi connectivity index (χ4n) is 3.56. The zero-order chi connectivity index (χ0) is 15.5. The molecule has 21 heavy (non-hydrogen) atoms. The van der Waals surface area contributed by atoms with E-state index in [-0.39, 0.29) is 5.54 Å². The van der Waals surface area contributed by atoms with Crippen LogP contribution in [0.2, 0.25) is 0 Å². The molecule has 0 radical (unpaired) electrons. The minimum atomic E-state index is 0.271. The second kappa shape index (κ2) is 6.89. The molecule has 0 saturated carbocycles. The van der Waals surface area contributed by atoms with Crippen molar-refractivity contribution in [3.8, 4) is 0 Å². The van der Waals surface area contributed by atoms with E-state index >= 15 is 0 Å². The van der Waals surface area contributed by atoms with E-state index in [1.54, 1.807) is 0 Å². The molecule has 2 rings (SSSR count). The van der Waals surface area contributed by atoms with E-state index in [0.717, 1.165) is 13.1 Å². The summed E-state index contributed by atoms with van der Waals surface area (Å²) >= 11 is 0. The van der Waals surface area contributed by atoms with Gasteiger partial charge in [0.05, 0.1) is 0 Å². The minimum absolute atomic E-state index is 0.271. The third-order valence-corrected chi connectivity index (χ3v) is 5.41. The molecule has 3 heteroatoms. The molecule has 2 unspecified atom stereocenters. The molecule has 2 heterocycles. The predicted octanol–water partition coefficient (Wildman–Crippen LogP) is 3.63. The van der Waals surface area contributed by atoms with E-state index in [0.29, 0.717) is 18.0 Å². The van der Waals surface area contributed by atoms with E-state index in [1.165, 1.54) is 18.4 Å². The molecule has 1 N–H and O–H groups in total. The Bertz CT molecular complexity index is 425. The third kappa shape index (κ3) is 3.46. The molecule has 1 aliphatic rings. The Morgan fingerprint density at radius 2 is 1.86 bits per heavy atom. The first-order valence-electron chi connectivity index (χ1n) is 8.43. The van der Waals surface area contributed by atoms with Crippen molar-refractivity contribution >= 4 is 0 Å². The van der Waals surface area contributed by atoms with Gasteiger partial charge in [-0.15, -0.1) is 0 Å². The first-order chi connectivity index (χ1) is 10.0. The van der Waals surface area contributed by atoms with Crippen molar-refractivity contribution in [1.29, 1.82) is 0 Å². The van der Waals surface area contributed by atoms with Gasteiger partial charge in [0.1, 0.15) is 0 Å². The highest BCUT2D eigenvalue weighted by Crippen LogP contribution is 2.32. The molecule has 0 amide bonds. The highest BCUT2D eigenvalue weighted by molar-refractivity contribution is 5.16. The largest absolute Gasteiger partial charge is 0.308 e. The molecule has 118 valence electrons. The number of hydrogen-bond acceptors (Lipinski definition) is 3. The lowest BCUT2D eigenvalue weighted by molar-refractivity contribution is 0.0213. The summed E-state index contributed by atoms with van der Waals surface area (Å²) < 4.78 is 0. The summed E-state index contributed by atoms with van der Waals surface area (Å²) in [4.78, 5) is 6.87. The van der Waals surface area contributed by atoms with Crippen molar-refractivity contribution in [2.24, 2.45) is 5.92 Å². The predicted molar refractivity (Wildman–Crippen MR) is 89.3 cm³/mol. The number of nitrogens with zero attached hydrogens (tertiary/aromatic N) is 2. The topological polar surface area (TPSA) is 28.2 Å². The number of hydrogen-bond donors (Lipinski definition) is 1. The van der Waals surface area contributed by atoms with Gasteiger partial charge >= 0.3 is 0 Å². The molecule has 1 fully saturated rings. The molecule has 3 nitrogen and oxygen atoms in total. The molecule has 2 atom stereocenters. The van der Waals surface area contributed by atoms with Crippen molar-refractivity contribution in [3.05, 3.63) is 30.1 Å². The van der Waals surface area contributed by atoms with Gasteiger partial charge in [-0.05, 0) is 43.4 Å². The Balaban J connectivity index is 2.25. The van der Waals surface area contributed by atoms with Crippen LogP contribution in [0.1, 0.15) is 59.1 Å². The standard InChI is InChI=1S/C18H31N3/c1-6-18(7-2)13-21(17(12-20-18)14(3)4)15(5)16-8-10-19-11-9-16/h8-11,14-15,17,20H,6-7,12-13H2,1-5H3. The van der Waals surface area contributed by atoms with Gasteiger partial charge < -0.3 is 5.32 Å². The Kier molecular flexibility index (Phi) is 5.39. The summed E-state index contributed by atoms with van der Waals surface area (Å²) in [5, 5.41) is 3.85. The molecule has 1 aromatic heterocycles. The van der Waals surface area contributed by atoms with Gasteiger partial charge in [0, 0.05) is 43.1 Å². The molecule has 1 aliphatic heterocycles. The van der Waals surface area contributed by atoms with E-state index < -0.39 is 0 Å². The summed E-state index contributed by atoms with van der Waals surface area (Å²) in [6.45, 7) is 13.9. The van der Waals surface area contributed by atoms with Crippen LogP contribution < -0.4 is 5.32 Å². The first-order valence-corrected chi connectivity index (χ1v) is 8.43. The van der Waals surface area contributed by atoms with Gasteiger partial charge in [0.25, 0.3) is 0 Å². The van der Waals surface area contributed by atoms with Gasteiger partial charge in [-0.25, -0.2) is 0 Å². The molecule has 0 aromatic carbocycles. The smallest absolute Gasteiger partial charge is 0.0325 e. The van der Waals surface area contributed by atoms with Crippen molar-refractivity contribution in [2.45, 2.75) is 65.1 Å². The van der Waals surface area contributed by atoms with Gasteiger partial charge in [-0.1, -0.05) is 27.7 Å². The second-order valence-corrected chi connectivity index (χ2v) is 6.81. The van der Waals surface area contributed by atoms with Crippen LogP contribution in [0.5, 0.6) is 0 Å². The van der Waals surface area contributed by atoms with Crippen molar-refractivity contribution < 1.29 is 0 Å². The zero-order valence-corrected chi connectivity index (χ0v) is 14.3. The number of nitrogens with one attached hydrogen (secondary N) is 1. The van der Waals surface area contributed by atoms with E-state index in [4.69, 9.17) is 0 Å². The van der Waals surface area contributed by atoms with Crippen LogP contribution in [-0.2, 0) is 0 Å². The SMILES string of the molecule is CCC1(CC)CN(C(C)c2ccncc2)C(C(C)C)CN1. The van der Waals surface area contributed by atoms with E-state index in [1.807, 2.05) is 12.4 Å². The maximum atomic E-state index is 4.16. The lowest BCUT2D eigenvalue weighted by atomic mass is 9.85. The average Bonchev–Trinajstić information content (AvgIpc) is 2.54. The van der Waals surface area contributed by atoms with Gasteiger partial charge in [0.2, 0.25) is 0 Å². The fourth-order valence-corrected chi connectivity index (χ4v) is 3.56. The lowest BCUT2D eigenvalue weighted by Gasteiger charge is -2.51. The molecular weight excluding hydrogens is 258 g/mol. The lowest BCUT2D eigenvalue weighted by Crippen LogP contribution is -2.65. The zero-order valence-electron chi connectivity index (χ0n) is 14.3. The summed E-state index contributed by atoms with van der Waals surface area (Å²) in [6.07, 6.45) is 6.19. The summed E-state index contributed by atoms with van der Waals surface area (Å²) in [7, 11) is 0.